The molecule has 2 rings (SSSR count). The molecule has 0 saturated heterocycles. The molecule has 0 saturated carbocycles. The number of carbonyl (C=O) groups is 1. The second-order valence-corrected chi connectivity index (χ2v) is 6.54. The van der Waals surface area contributed by atoms with E-state index >= 15 is 0 Å². The zero-order valence-electron chi connectivity index (χ0n) is 13.6. The molecule has 0 aliphatic heterocycles. The summed E-state index contributed by atoms with van der Waals surface area (Å²) >= 11 is 5.92. The van der Waals surface area contributed by atoms with Crippen LogP contribution < -0.4 is 5.32 Å². The van der Waals surface area contributed by atoms with Crippen molar-refractivity contribution < 1.29 is 9.18 Å². The molecule has 1 atom stereocenters. The number of amides is 1. The molecule has 2 aromatic carbocycles. The number of benzene rings is 2. The van der Waals surface area contributed by atoms with E-state index in [1.807, 2.05) is 19.1 Å². The maximum atomic E-state index is 13.8. The van der Waals surface area contributed by atoms with E-state index in [0.717, 1.165) is 12.0 Å². The van der Waals surface area contributed by atoms with Crippen molar-refractivity contribution in [2.45, 2.75) is 33.2 Å². The molecule has 0 spiro atoms. The first-order valence-corrected chi connectivity index (χ1v) is 8.10. The lowest BCUT2D eigenvalue weighted by molar-refractivity contribution is 0.0936. The van der Waals surface area contributed by atoms with Crippen molar-refractivity contribution in [3.8, 4) is 0 Å². The number of rotatable bonds is 5. The highest BCUT2D eigenvalue weighted by atomic mass is 35.5. The molecule has 1 amide bonds. The van der Waals surface area contributed by atoms with E-state index < -0.39 is 11.7 Å². The molecular formula is C19H21ClFNO. The molecule has 0 bridgehead atoms. The Labute approximate surface area is 141 Å². The van der Waals surface area contributed by atoms with Gasteiger partial charge in [-0.15, -0.1) is 0 Å². The number of nitrogens with one attached hydrogen (secondary N) is 1. The Kier molecular flexibility index (Phi) is 5.78. The van der Waals surface area contributed by atoms with Crippen LogP contribution in [0.2, 0.25) is 5.02 Å². The molecule has 0 radical (unpaired) electrons. The smallest absolute Gasteiger partial charge is 0.256 e. The molecular weight excluding hydrogens is 313 g/mol. The summed E-state index contributed by atoms with van der Waals surface area (Å²) in [5, 5.41) is 2.90. The number of hydrogen-bond acceptors (Lipinski definition) is 1. The first-order valence-electron chi connectivity index (χ1n) is 7.72. The summed E-state index contributed by atoms with van der Waals surface area (Å²) in [5.41, 5.74) is 2.12. The van der Waals surface area contributed by atoms with E-state index in [1.165, 1.54) is 23.8 Å². The Balaban J connectivity index is 2.09. The predicted molar refractivity (Wildman–Crippen MR) is 92.3 cm³/mol. The zero-order valence-corrected chi connectivity index (χ0v) is 14.3. The molecule has 0 fully saturated rings. The highest BCUT2D eigenvalue weighted by Crippen LogP contribution is 2.21. The van der Waals surface area contributed by atoms with Gasteiger partial charge in [-0.25, -0.2) is 4.39 Å². The fourth-order valence-electron chi connectivity index (χ4n) is 2.48. The van der Waals surface area contributed by atoms with Crippen LogP contribution >= 0.6 is 11.6 Å². The Morgan fingerprint density at radius 2 is 1.78 bits per heavy atom. The fraction of sp³-hybridized carbons (Fsp3) is 0.316. The Hall–Kier alpha value is -1.87. The highest BCUT2D eigenvalue weighted by molar-refractivity contribution is 6.33. The van der Waals surface area contributed by atoms with Crippen LogP contribution in [0.15, 0.2) is 42.5 Å². The quantitative estimate of drug-likeness (QED) is 0.803. The molecule has 0 aliphatic rings. The summed E-state index contributed by atoms with van der Waals surface area (Å²) in [7, 11) is 0. The minimum absolute atomic E-state index is 0.113. The zero-order chi connectivity index (χ0) is 17.0. The normalized spacial score (nSPS) is 12.3. The monoisotopic (exact) mass is 333 g/mol. The third-order valence-corrected chi connectivity index (χ3v) is 3.98. The summed E-state index contributed by atoms with van der Waals surface area (Å²) in [4.78, 5) is 12.2. The number of carbonyl (C=O) groups excluding carboxylic acids is 1. The first kappa shape index (κ1) is 17.5. The van der Waals surface area contributed by atoms with Crippen LogP contribution in [-0.4, -0.2) is 5.91 Å². The lowest BCUT2D eigenvalue weighted by Gasteiger charge is -2.16. The van der Waals surface area contributed by atoms with E-state index in [-0.39, 0.29) is 16.6 Å². The molecule has 0 unspecified atom stereocenters. The number of halogens is 2. The van der Waals surface area contributed by atoms with Gasteiger partial charge in [0.2, 0.25) is 0 Å². The third-order valence-electron chi connectivity index (χ3n) is 3.66. The van der Waals surface area contributed by atoms with E-state index in [4.69, 9.17) is 11.6 Å². The van der Waals surface area contributed by atoms with Crippen LogP contribution in [0.25, 0.3) is 0 Å². The molecule has 122 valence electrons. The molecule has 1 N–H and O–H groups in total. The minimum atomic E-state index is -0.616. The van der Waals surface area contributed by atoms with Gasteiger partial charge in [0.25, 0.3) is 5.91 Å². The van der Waals surface area contributed by atoms with Crippen molar-refractivity contribution in [1.82, 2.24) is 5.32 Å². The first-order chi connectivity index (χ1) is 10.9. The van der Waals surface area contributed by atoms with Gasteiger partial charge in [-0.3, -0.25) is 4.79 Å². The maximum absolute atomic E-state index is 13.8. The fourth-order valence-corrected chi connectivity index (χ4v) is 2.73. The van der Waals surface area contributed by atoms with Crippen molar-refractivity contribution in [2.75, 3.05) is 0 Å². The third kappa shape index (κ3) is 4.55. The van der Waals surface area contributed by atoms with Gasteiger partial charge in [-0.05, 0) is 42.5 Å². The van der Waals surface area contributed by atoms with Gasteiger partial charge in [0.1, 0.15) is 5.82 Å². The summed E-state index contributed by atoms with van der Waals surface area (Å²) in [6.45, 7) is 6.22. The van der Waals surface area contributed by atoms with E-state index in [0.29, 0.717) is 5.92 Å². The van der Waals surface area contributed by atoms with Crippen molar-refractivity contribution in [2.24, 2.45) is 5.92 Å². The van der Waals surface area contributed by atoms with Gasteiger partial charge in [0.15, 0.2) is 0 Å². The standard InChI is InChI=1S/C19H21ClFNO/c1-12(2)11-14-7-9-15(10-8-14)13(3)22-19(23)18-16(20)5-4-6-17(18)21/h4-10,12-13H,11H2,1-3H3,(H,22,23)/t13-/m0/s1. The molecule has 23 heavy (non-hydrogen) atoms. The van der Waals surface area contributed by atoms with E-state index in [9.17, 15) is 9.18 Å². The van der Waals surface area contributed by atoms with Crippen LogP contribution in [0.1, 0.15) is 48.3 Å². The second kappa shape index (κ2) is 7.60. The molecule has 0 heterocycles. The highest BCUT2D eigenvalue weighted by Gasteiger charge is 2.18. The van der Waals surface area contributed by atoms with Crippen LogP contribution in [-0.2, 0) is 6.42 Å². The lowest BCUT2D eigenvalue weighted by atomic mass is 10.00. The maximum Gasteiger partial charge on any atom is 0.256 e. The second-order valence-electron chi connectivity index (χ2n) is 6.13. The van der Waals surface area contributed by atoms with Crippen LogP contribution in [0.5, 0.6) is 0 Å². The largest absolute Gasteiger partial charge is 0.345 e. The van der Waals surface area contributed by atoms with Crippen molar-refractivity contribution in [3.05, 3.63) is 70.0 Å². The molecule has 0 aliphatic carbocycles. The lowest BCUT2D eigenvalue weighted by Crippen LogP contribution is -2.27. The average molecular weight is 334 g/mol. The Morgan fingerprint density at radius 3 is 2.35 bits per heavy atom. The van der Waals surface area contributed by atoms with Crippen LogP contribution in [0, 0.1) is 11.7 Å². The molecule has 0 aromatic heterocycles. The SMILES string of the molecule is CC(C)Cc1ccc([C@H](C)NC(=O)c2c(F)cccc2Cl)cc1. The predicted octanol–water partition coefficient (Wildman–Crippen LogP) is 5.17. The van der Waals surface area contributed by atoms with Crippen molar-refractivity contribution in [3.63, 3.8) is 0 Å². The van der Waals surface area contributed by atoms with Gasteiger partial charge in [0.05, 0.1) is 16.6 Å². The molecule has 4 heteroatoms. The summed E-state index contributed by atoms with van der Waals surface area (Å²) < 4.78 is 13.8. The Morgan fingerprint density at radius 1 is 1.13 bits per heavy atom. The van der Waals surface area contributed by atoms with E-state index in [1.54, 1.807) is 0 Å². The molecule has 2 nitrogen and oxygen atoms in total. The van der Waals surface area contributed by atoms with Crippen LogP contribution in [0.3, 0.4) is 0 Å². The Bertz CT molecular complexity index is 662. The summed E-state index contributed by atoms with van der Waals surface area (Å²) in [5.74, 6) is -0.525. The number of hydrogen-bond donors (Lipinski definition) is 1. The topological polar surface area (TPSA) is 29.1 Å². The van der Waals surface area contributed by atoms with Crippen LogP contribution in [0.4, 0.5) is 4.39 Å². The van der Waals surface area contributed by atoms with E-state index in [2.05, 4.69) is 31.3 Å². The minimum Gasteiger partial charge on any atom is -0.345 e. The van der Waals surface area contributed by atoms with Gasteiger partial charge in [0, 0.05) is 0 Å². The molecule has 2 aromatic rings. The van der Waals surface area contributed by atoms with Gasteiger partial charge in [-0.1, -0.05) is 55.8 Å². The van der Waals surface area contributed by atoms with Crippen molar-refractivity contribution in [1.29, 1.82) is 0 Å². The van der Waals surface area contributed by atoms with Crippen molar-refractivity contribution >= 4 is 17.5 Å². The van der Waals surface area contributed by atoms with Gasteiger partial charge >= 0.3 is 0 Å². The average Bonchev–Trinajstić information content (AvgIpc) is 2.47. The van der Waals surface area contributed by atoms with Gasteiger partial charge in [-0.2, -0.15) is 0 Å². The summed E-state index contributed by atoms with van der Waals surface area (Å²) in [6, 6.07) is 12.1. The summed E-state index contributed by atoms with van der Waals surface area (Å²) in [6.07, 6.45) is 1.02. The van der Waals surface area contributed by atoms with Gasteiger partial charge < -0.3 is 5.32 Å².